The van der Waals surface area contributed by atoms with Gasteiger partial charge >= 0.3 is 0 Å². The molecule has 1 heterocycles. The van der Waals surface area contributed by atoms with Crippen LogP contribution >= 0.6 is 11.8 Å². The number of nitrogens with one attached hydrogen (secondary N) is 1. The lowest BCUT2D eigenvalue weighted by atomic mass is 10.2. The Morgan fingerprint density at radius 3 is 2.31 bits per heavy atom. The van der Waals surface area contributed by atoms with Crippen molar-refractivity contribution in [3.8, 4) is 0 Å². The second-order valence-corrected chi connectivity index (χ2v) is 7.32. The highest BCUT2D eigenvalue weighted by molar-refractivity contribution is 7.99. The molecule has 1 atom stereocenters. The molecule has 3 rings (SSSR count). The number of aromatic nitrogens is 3. The Bertz CT molecular complexity index is 987. The molecule has 1 N–H and O–H groups in total. The molecule has 0 saturated carbocycles. The highest BCUT2D eigenvalue weighted by Crippen LogP contribution is 2.22. The van der Waals surface area contributed by atoms with E-state index in [1.165, 1.54) is 11.8 Å². The number of thioether (sulfide) groups is 1. The monoisotopic (exact) mass is 406 g/mol. The van der Waals surface area contributed by atoms with Gasteiger partial charge in [-0.05, 0) is 19.1 Å². The van der Waals surface area contributed by atoms with Crippen molar-refractivity contribution < 1.29 is 9.59 Å². The maximum absolute atomic E-state index is 12.4. The number of amides is 1. The predicted octanol–water partition coefficient (Wildman–Crippen LogP) is 3.93. The summed E-state index contributed by atoms with van der Waals surface area (Å²) in [5, 5.41) is 12.0. The summed E-state index contributed by atoms with van der Waals surface area (Å²) in [4.78, 5) is 24.8. The molecule has 6 nitrogen and oxygen atoms in total. The first kappa shape index (κ1) is 20.5. The maximum atomic E-state index is 12.4. The molecule has 0 saturated heterocycles. The molecular weight excluding hydrogens is 384 g/mol. The summed E-state index contributed by atoms with van der Waals surface area (Å²) in [5.74, 6) is 0.712. The summed E-state index contributed by atoms with van der Waals surface area (Å²) in [6.45, 7) is 6.13. The van der Waals surface area contributed by atoms with Crippen LogP contribution in [0.3, 0.4) is 0 Å². The summed E-state index contributed by atoms with van der Waals surface area (Å²) >= 11 is 1.32. The van der Waals surface area contributed by atoms with Crippen LogP contribution in [0.15, 0.2) is 78.5 Å². The van der Waals surface area contributed by atoms with E-state index in [2.05, 4.69) is 22.1 Å². The standard InChI is InChI=1S/C22H22N4O2S/c1-3-14-26-20(16(2)23-21(28)18-12-8-5-9-13-18)24-25-22(26)29-15-19(27)17-10-6-4-7-11-17/h3-13,16H,1,14-15H2,2H3,(H,23,28)/t16-/m0/s1. The fraction of sp³-hybridized carbons (Fsp3) is 0.182. The Morgan fingerprint density at radius 1 is 1.07 bits per heavy atom. The molecular formula is C22H22N4O2S. The van der Waals surface area contributed by atoms with Gasteiger partial charge in [0, 0.05) is 17.7 Å². The SMILES string of the molecule is C=CCn1c(SCC(=O)c2ccccc2)nnc1[C@H](C)NC(=O)c1ccccc1. The van der Waals surface area contributed by atoms with Gasteiger partial charge in [0.25, 0.3) is 5.91 Å². The normalized spacial score (nSPS) is 11.6. The van der Waals surface area contributed by atoms with Gasteiger partial charge in [0.1, 0.15) is 0 Å². The van der Waals surface area contributed by atoms with Crippen molar-refractivity contribution in [2.45, 2.75) is 24.7 Å². The quantitative estimate of drug-likeness (QED) is 0.331. The van der Waals surface area contributed by atoms with Crippen LogP contribution in [0.25, 0.3) is 0 Å². The zero-order valence-corrected chi connectivity index (χ0v) is 16.9. The van der Waals surface area contributed by atoms with E-state index < -0.39 is 0 Å². The first-order valence-corrected chi connectivity index (χ1v) is 10.2. The Kier molecular flexibility index (Phi) is 6.97. The second-order valence-electron chi connectivity index (χ2n) is 6.38. The average molecular weight is 407 g/mol. The fourth-order valence-corrected chi connectivity index (χ4v) is 3.65. The number of hydrogen-bond donors (Lipinski definition) is 1. The number of Topliss-reactive ketones (excluding diaryl/α,β-unsaturated/α-hetero) is 1. The third-order valence-electron chi connectivity index (χ3n) is 4.26. The highest BCUT2D eigenvalue weighted by atomic mass is 32.2. The van der Waals surface area contributed by atoms with Gasteiger partial charge in [0.05, 0.1) is 11.8 Å². The molecule has 0 bridgehead atoms. The van der Waals surface area contributed by atoms with E-state index in [-0.39, 0.29) is 23.5 Å². The van der Waals surface area contributed by atoms with E-state index in [0.717, 1.165) is 0 Å². The first-order valence-electron chi connectivity index (χ1n) is 9.21. The molecule has 0 aliphatic carbocycles. The third kappa shape index (κ3) is 5.20. The van der Waals surface area contributed by atoms with Crippen molar-refractivity contribution in [3.63, 3.8) is 0 Å². The number of carbonyl (C=O) groups is 2. The zero-order valence-electron chi connectivity index (χ0n) is 16.1. The largest absolute Gasteiger partial charge is 0.342 e. The summed E-state index contributed by atoms with van der Waals surface area (Å²) in [6.07, 6.45) is 1.74. The van der Waals surface area contributed by atoms with Crippen LogP contribution in [0, 0.1) is 0 Å². The van der Waals surface area contributed by atoms with Crippen molar-refractivity contribution in [2.24, 2.45) is 0 Å². The minimum Gasteiger partial charge on any atom is -0.342 e. The van der Waals surface area contributed by atoms with Gasteiger partial charge in [0.15, 0.2) is 16.8 Å². The Hall–Kier alpha value is -3.19. The fourth-order valence-electron chi connectivity index (χ4n) is 2.80. The molecule has 29 heavy (non-hydrogen) atoms. The predicted molar refractivity (Wildman–Crippen MR) is 114 cm³/mol. The number of rotatable bonds is 9. The molecule has 0 fully saturated rings. The van der Waals surface area contributed by atoms with Crippen LogP contribution < -0.4 is 5.32 Å². The van der Waals surface area contributed by atoms with Crippen molar-refractivity contribution in [2.75, 3.05) is 5.75 Å². The average Bonchev–Trinajstić information content (AvgIpc) is 3.16. The van der Waals surface area contributed by atoms with E-state index in [9.17, 15) is 9.59 Å². The minimum atomic E-state index is -0.352. The maximum Gasteiger partial charge on any atom is 0.251 e. The zero-order chi connectivity index (χ0) is 20.6. The Balaban J connectivity index is 1.71. The van der Waals surface area contributed by atoms with Crippen LogP contribution in [0.2, 0.25) is 0 Å². The molecule has 148 valence electrons. The van der Waals surface area contributed by atoms with E-state index in [1.807, 2.05) is 47.9 Å². The van der Waals surface area contributed by atoms with E-state index >= 15 is 0 Å². The number of ketones is 1. The van der Waals surface area contributed by atoms with E-state index in [1.54, 1.807) is 30.3 Å². The van der Waals surface area contributed by atoms with Gasteiger partial charge in [-0.15, -0.1) is 16.8 Å². The molecule has 0 radical (unpaired) electrons. The number of benzene rings is 2. The van der Waals surface area contributed by atoms with Gasteiger partial charge < -0.3 is 9.88 Å². The van der Waals surface area contributed by atoms with Crippen molar-refractivity contribution in [1.29, 1.82) is 0 Å². The first-order chi connectivity index (χ1) is 14.1. The van der Waals surface area contributed by atoms with Gasteiger partial charge in [-0.2, -0.15) is 0 Å². The third-order valence-corrected chi connectivity index (χ3v) is 5.22. The summed E-state index contributed by atoms with van der Waals surface area (Å²) < 4.78 is 1.87. The van der Waals surface area contributed by atoms with Crippen molar-refractivity contribution >= 4 is 23.5 Å². The molecule has 1 aromatic heterocycles. The summed E-state index contributed by atoms with van der Waals surface area (Å²) in [6, 6.07) is 17.8. The number of hydrogen-bond acceptors (Lipinski definition) is 5. The molecule has 0 aliphatic rings. The molecule has 7 heteroatoms. The van der Waals surface area contributed by atoms with Crippen LogP contribution in [-0.4, -0.2) is 32.2 Å². The van der Waals surface area contributed by atoms with Crippen molar-refractivity contribution in [3.05, 3.63) is 90.3 Å². The molecule has 0 unspecified atom stereocenters. The van der Waals surface area contributed by atoms with Gasteiger partial charge in [-0.1, -0.05) is 66.4 Å². The van der Waals surface area contributed by atoms with Gasteiger partial charge in [-0.3, -0.25) is 9.59 Å². The number of carbonyl (C=O) groups excluding carboxylic acids is 2. The summed E-state index contributed by atoms with van der Waals surface area (Å²) in [7, 11) is 0. The van der Waals surface area contributed by atoms with E-state index in [4.69, 9.17) is 0 Å². The molecule has 1 amide bonds. The molecule has 2 aromatic carbocycles. The lowest BCUT2D eigenvalue weighted by Gasteiger charge is -2.15. The van der Waals surface area contributed by atoms with Gasteiger partial charge in [0.2, 0.25) is 0 Å². The van der Waals surface area contributed by atoms with Crippen molar-refractivity contribution in [1.82, 2.24) is 20.1 Å². The smallest absolute Gasteiger partial charge is 0.251 e. The van der Waals surface area contributed by atoms with Crippen LogP contribution in [0.1, 0.15) is 39.5 Å². The highest BCUT2D eigenvalue weighted by Gasteiger charge is 2.20. The second kappa shape index (κ2) is 9.84. The topological polar surface area (TPSA) is 76.9 Å². The minimum absolute atomic E-state index is 0.0238. The van der Waals surface area contributed by atoms with Crippen LogP contribution in [0.5, 0.6) is 0 Å². The van der Waals surface area contributed by atoms with Crippen LogP contribution in [0.4, 0.5) is 0 Å². The molecule has 3 aromatic rings. The molecule has 0 spiro atoms. The lowest BCUT2D eigenvalue weighted by molar-refractivity contribution is 0.0937. The number of allylic oxidation sites excluding steroid dienone is 1. The Labute approximate surface area is 174 Å². The lowest BCUT2D eigenvalue weighted by Crippen LogP contribution is -2.28. The molecule has 0 aliphatic heterocycles. The number of nitrogens with zero attached hydrogens (tertiary/aromatic N) is 3. The van der Waals surface area contributed by atoms with E-state index in [0.29, 0.717) is 28.7 Å². The Morgan fingerprint density at radius 2 is 1.69 bits per heavy atom. The summed E-state index contributed by atoms with van der Waals surface area (Å²) in [5.41, 5.74) is 1.25. The van der Waals surface area contributed by atoms with Gasteiger partial charge in [-0.25, -0.2) is 0 Å². The van der Waals surface area contributed by atoms with Crippen LogP contribution in [-0.2, 0) is 6.54 Å².